The smallest absolute Gasteiger partial charge is 0.0474 e. The second kappa shape index (κ2) is 6.48. The van der Waals surface area contributed by atoms with Gasteiger partial charge in [-0.05, 0) is 55.9 Å². The van der Waals surface area contributed by atoms with Crippen LogP contribution in [0.5, 0.6) is 0 Å². The Kier molecular flexibility index (Phi) is 5.24. The van der Waals surface area contributed by atoms with E-state index in [1.165, 1.54) is 18.7 Å². The summed E-state index contributed by atoms with van der Waals surface area (Å²) in [7, 11) is 0. The van der Waals surface area contributed by atoms with Gasteiger partial charge in [-0.25, -0.2) is 0 Å². The molecular weight excluding hydrogens is 382 g/mol. The maximum absolute atomic E-state index is 3.62. The Morgan fingerprint density at radius 1 is 1.35 bits per heavy atom. The van der Waals surface area contributed by atoms with Gasteiger partial charge < -0.3 is 5.32 Å². The number of likely N-dealkylation sites (N-methyl/N-ethyl adjacent to an activating group) is 1. The van der Waals surface area contributed by atoms with Gasteiger partial charge in [0.15, 0.2) is 0 Å². The average Bonchev–Trinajstić information content (AvgIpc) is 2.87. The zero-order valence-corrected chi connectivity index (χ0v) is 14.2. The molecule has 0 fully saturated rings. The molecule has 0 aliphatic rings. The number of rotatable bonds is 5. The molecule has 1 N–H and O–H groups in total. The highest BCUT2D eigenvalue weighted by Crippen LogP contribution is 2.32. The molecule has 5 heteroatoms. The second-order valence-electron chi connectivity index (χ2n) is 3.68. The summed E-state index contributed by atoms with van der Waals surface area (Å²) < 4.78 is 2.39. The molecule has 17 heavy (non-hydrogen) atoms. The third kappa shape index (κ3) is 3.64. The van der Waals surface area contributed by atoms with Crippen LogP contribution in [-0.2, 0) is 6.42 Å². The number of hydrogen-bond acceptors (Lipinski definition) is 3. The van der Waals surface area contributed by atoms with Gasteiger partial charge in [-0.3, -0.25) is 0 Å². The zero-order chi connectivity index (χ0) is 12.3. The lowest BCUT2D eigenvalue weighted by Crippen LogP contribution is -2.22. The Morgan fingerprint density at radius 2 is 2.18 bits per heavy atom. The molecule has 1 nitrogen and oxygen atoms in total. The van der Waals surface area contributed by atoms with Crippen molar-refractivity contribution in [3.8, 4) is 0 Å². The highest BCUT2D eigenvalue weighted by molar-refractivity contribution is 9.10. The van der Waals surface area contributed by atoms with Gasteiger partial charge in [-0.15, -0.1) is 22.7 Å². The van der Waals surface area contributed by atoms with Crippen molar-refractivity contribution in [2.24, 2.45) is 0 Å². The van der Waals surface area contributed by atoms with Crippen LogP contribution in [-0.4, -0.2) is 6.54 Å². The van der Waals surface area contributed by atoms with Crippen molar-refractivity contribution in [3.05, 3.63) is 41.6 Å². The summed E-state index contributed by atoms with van der Waals surface area (Å²) in [5.74, 6) is 0. The molecule has 2 rings (SSSR count). The van der Waals surface area contributed by atoms with Crippen molar-refractivity contribution in [2.75, 3.05) is 6.54 Å². The highest BCUT2D eigenvalue weighted by Gasteiger charge is 2.16. The highest BCUT2D eigenvalue weighted by atomic mass is 79.9. The minimum absolute atomic E-state index is 0.403. The molecule has 0 radical (unpaired) electrons. The van der Waals surface area contributed by atoms with E-state index in [1.807, 2.05) is 22.7 Å². The molecule has 1 atom stereocenters. The fourth-order valence-corrected chi connectivity index (χ4v) is 4.94. The molecule has 0 aromatic carbocycles. The number of thiophene rings is 2. The van der Waals surface area contributed by atoms with Crippen molar-refractivity contribution in [3.63, 3.8) is 0 Å². The minimum atomic E-state index is 0.403. The third-order valence-electron chi connectivity index (χ3n) is 2.44. The van der Waals surface area contributed by atoms with E-state index in [0.29, 0.717) is 6.04 Å². The van der Waals surface area contributed by atoms with Crippen LogP contribution in [0.25, 0.3) is 0 Å². The van der Waals surface area contributed by atoms with Crippen LogP contribution in [0.2, 0.25) is 0 Å². The number of nitrogens with one attached hydrogen (secondary N) is 1. The van der Waals surface area contributed by atoms with E-state index in [9.17, 15) is 0 Å². The van der Waals surface area contributed by atoms with Gasteiger partial charge in [-0.2, -0.15) is 0 Å². The first kappa shape index (κ1) is 13.7. The summed E-state index contributed by atoms with van der Waals surface area (Å²) in [6.07, 6.45) is 1.04. The molecule has 0 amide bonds. The molecule has 0 saturated heterocycles. The van der Waals surface area contributed by atoms with Crippen LogP contribution in [0.1, 0.15) is 22.7 Å². The number of hydrogen-bond donors (Lipinski definition) is 1. The lowest BCUT2D eigenvalue weighted by Gasteiger charge is -2.16. The van der Waals surface area contributed by atoms with Crippen LogP contribution in [0.15, 0.2) is 31.8 Å². The van der Waals surface area contributed by atoms with Crippen LogP contribution in [0.3, 0.4) is 0 Å². The zero-order valence-electron chi connectivity index (χ0n) is 9.37. The molecule has 0 bridgehead atoms. The van der Waals surface area contributed by atoms with Gasteiger partial charge in [0.25, 0.3) is 0 Å². The summed E-state index contributed by atoms with van der Waals surface area (Å²) >= 11 is 10.7. The van der Waals surface area contributed by atoms with E-state index in [-0.39, 0.29) is 0 Å². The molecule has 92 valence electrons. The van der Waals surface area contributed by atoms with Crippen molar-refractivity contribution >= 4 is 54.5 Å². The molecule has 1 unspecified atom stereocenters. The number of halogens is 2. The van der Waals surface area contributed by atoms with E-state index >= 15 is 0 Å². The van der Waals surface area contributed by atoms with Gasteiger partial charge in [0.05, 0.1) is 0 Å². The first-order valence-electron chi connectivity index (χ1n) is 5.40. The quantitative estimate of drug-likeness (QED) is 0.732. The average molecular weight is 395 g/mol. The Morgan fingerprint density at radius 3 is 2.71 bits per heavy atom. The Labute approximate surface area is 127 Å². The summed E-state index contributed by atoms with van der Waals surface area (Å²) in [4.78, 5) is 2.79. The maximum atomic E-state index is 3.62. The van der Waals surface area contributed by atoms with Gasteiger partial charge >= 0.3 is 0 Å². The second-order valence-corrected chi connectivity index (χ2v) is 7.39. The molecule has 0 aliphatic heterocycles. The Hall–Kier alpha value is 0.320. The Bertz CT molecular complexity index is 478. The summed E-state index contributed by atoms with van der Waals surface area (Å²) in [6, 6.07) is 4.73. The van der Waals surface area contributed by atoms with E-state index in [2.05, 4.69) is 67.0 Å². The third-order valence-corrected chi connectivity index (χ3v) is 6.14. The van der Waals surface area contributed by atoms with Gasteiger partial charge in [0.2, 0.25) is 0 Å². The van der Waals surface area contributed by atoms with Gasteiger partial charge in [0.1, 0.15) is 0 Å². The van der Waals surface area contributed by atoms with E-state index < -0.39 is 0 Å². The SMILES string of the molecule is CCNC(Cc1cc(Br)cs1)c1sccc1Br. The fraction of sp³-hybridized carbons (Fsp3) is 0.333. The topological polar surface area (TPSA) is 12.0 Å². The monoisotopic (exact) mass is 393 g/mol. The first-order chi connectivity index (χ1) is 8.20. The molecule has 2 aromatic heterocycles. The van der Waals surface area contributed by atoms with Gasteiger partial charge in [-0.1, -0.05) is 6.92 Å². The predicted octanol–water partition coefficient (Wildman–Crippen LogP) is 5.23. The lowest BCUT2D eigenvalue weighted by molar-refractivity contribution is 0.560. The van der Waals surface area contributed by atoms with Crippen LogP contribution < -0.4 is 5.32 Å². The van der Waals surface area contributed by atoms with E-state index in [0.717, 1.165) is 13.0 Å². The maximum Gasteiger partial charge on any atom is 0.0474 e. The molecular formula is C12H13Br2NS2. The minimum Gasteiger partial charge on any atom is -0.309 e. The largest absolute Gasteiger partial charge is 0.309 e. The summed E-state index contributed by atoms with van der Waals surface area (Å²) in [5, 5.41) is 7.83. The summed E-state index contributed by atoms with van der Waals surface area (Å²) in [5.41, 5.74) is 0. The van der Waals surface area contributed by atoms with Gasteiger partial charge in [0, 0.05) is 36.5 Å². The van der Waals surface area contributed by atoms with Crippen LogP contribution in [0, 0.1) is 0 Å². The van der Waals surface area contributed by atoms with Crippen molar-refractivity contribution in [2.45, 2.75) is 19.4 Å². The lowest BCUT2D eigenvalue weighted by atomic mass is 10.1. The van der Waals surface area contributed by atoms with Crippen molar-refractivity contribution in [1.29, 1.82) is 0 Å². The molecule has 0 saturated carbocycles. The Balaban J connectivity index is 2.15. The first-order valence-corrected chi connectivity index (χ1v) is 8.74. The normalized spacial score (nSPS) is 12.9. The van der Waals surface area contributed by atoms with Crippen LogP contribution >= 0.6 is 54.5 Å². The van der Waals surface area contributed by atoms with Crippen molar-refractivity contribution < 1.29 is 0 Å². The van der Waals surface area contributed by atoms with E-state index in [1.54, 1.807) is 0 Å². The summed E-state index contributed by atoms with van der Waals surface area (Å²) in [6.45, 7) is 3.14. The molecule has 0 aliphatic carbocycles. The molecule has 2 heterocycles. The fourth-order valence-electron chi connectivity index (χ4n) is 1.72. The van der Waals surface area contributed by atoms with Crippen LogP contribution in [0.4, 0.5) is 0 Å². The standard InChI is InChI=1S/C12H13Br2NS2/c1-2-15-11(12-10(14)3-4-16-12)6-9-5-8(13)7-17-9/h3-5,7,11,15H,2,6H2,1H3. The van der Waals surface area contributed by atoms with E-state index in [4.69, 9.17) is 0 Å². The molecule has 2 aromatic rings. The predicted molar refractivity (Wildman–Crippen MR) is 84.2 cm³/mol. The molecule has 0 spiro atoms. The van der Waals surface area contributed by atoms with Crippen molar-refractivity contribution in [1.82, 2.24) is 5.32 Å².